The molecule has 1 fully saturated rings. The molecule has 0 saturated carbocycles. The van der Waals surface area contributed by atoms with E-state index in [0.29, 0.717) is 6.42 Å². The summed E-state index contributed by atoms with van der Waals surface area (Å²) in [7, 11) is 0. The van der Waals surface area contributed by atoms with E-state index in [9.17, 15) is 5.11 Å². The van der Waals surface area contributed by atoms with Gasteiger partial charge in [0, 0.05) is 16.8 Å². The SMILES string of the molecule is CCC(C)(C(O)Cc1sccc1Cl)N1CCCC1. The highest BCUT2D eigenvalue weighted by molar-refractivity contribution is 7.10. The average molecular weight is 288 g/mol. The zero-order valence-corrected chi connectivity index (χ0v) is 12.7. The Bertz CT molecular complexity index is 389. The van der Waals surface area contributed by atoms with E-state index in [1.807, 2.05) is 11.4 Å². The van der Waals surface area contributed by atoms with E-state index < -0.39 is 0 Å². The molecule has 2 rings (SSSR count). The highest BCUT2D eigenvalue weighted by atomic mass is 35.5. The van der Waals surface area contributed by atoms with Crippen molar-refractivity contribution in [3.05, 3.63) is 21.3 Å². The normalized spacial score (nSPS) is 22.0. The molecule has 1 aromatic rings. The number of aliphatic hydroxyl groups is 1. The molecule has 1 aromatic heterocycles. The highest BCUT2D eigenvalue weighted by Gasteiger charge is 2.38. The molecule has 2 heterocycles. The Morgan fingerprint density at radius 1 is 1.50 bits per heavy atom. The van der Waals surface area contributed by atoms with Gasteiger partial charge in [-0.25, -0.2) is 0 Å². The van der Waals surface area contributed by atoms with E-state index in [1.54, 1.807) is 11.3 Å². The number of halogens is 1. The molecular weight excluding hydrogens is 266 g/mol. The summed E-state index contributed by atoms with van der Waals surface area (Å²) in [6.07, 6.45) is 3.79. The van der Waals surface area contributed by atoms with Crippen molar-refractivity contribution < 1.29 is 5.11 Å². The van der Waals surface area contributed by atoms with Crippen LogP contribution in [0.2, 0.25) is 5.02 Å². The largest absolute Gasteiger partial charge is 0.391 e. The van der Waals surface area contributed by atoms with Crippen molar-refractivity contribution in [3.8, 4) is 0 Å². The maximum atomic E-state index is 10.6. The fraction of sp³-hybridized carbons (Fsp3) is 0.714. The lowest BCUT2D eigenvalue weighted by atomic mass is 9.87. The van der Waals surface area contributed by atoms with Crippen molar-refractivity contribution in [3.63, 3.8) is 0 Å². The minimum absolute atomic E-state index is 0.121. The lowest BCUT2D eigenvalue weighted by Gasteiger charge is -2.42. The second-order valence-electron chi connectivity index (χ2n) is 5.32. The first-order valence-corrected chi connectivity index (χ1v) is 7.98. The first kappa shape index (κ1) is 14.3. The third-order valence-electron chi connectivity index (χ3n) is 4.33. The van der Waals surface area contributed by atoms with Gasteiger partial charge in [-0.2, -0.15) is 0 Å². The molecule has 1 aliphatic rings. The van der Waals surface area contributed by atoms with Crippen molar-refractivity contribution in [2.75, 3.05) is 13.1 Å². The van der Waals surface area contributed by atoms with Crippen molar-refractivity contribution in [1.29, 1.82) is 0 Å². The number of nitrogens with zero attached hydrogens (tertiary/aromatic N) is 1. The van der Waals surface area contributed by atoms with Crippen molar-refractivity contribution >= 4 is 22.9 Å². The molecule has 0 amide bonds. The van der Waals surface area contributed by atoms with Crippen LogP contribution in [0.5, 0.6) is 0 Å². The molecule has 2 atom stereocenters. The fourth-order valence-electron chi connectivity index (χ4n) is 2.76. The van der Waals surface area contributed by atoms with Gasteiger partial charge in [0.05, 0.1) is 11.1 Å². The molecule has 0 bridgehead atoms. The first-order chi connectivity index (χ1) is 8.58. The van der Waals surface area contributed by atoms with Gasteiger partial charge >= 0.3 is 0 Å². The number of hydrogen-bond donors (Lipinski definition) is 1. The van der Waals surface area contributed by atoms with Crippen LogP contribution in [0.25, 0.3) is 0 Å². The summed E-state index contributed by atoms with van der Waals surface area (Å²) < 4.78 is 0. The van der Waals surface area contributed by atoms with Crippen LogP contribution in [-0.2, 0) is 6.42 Å². The summed E-state index contributed by atoms with van der Waals surface area (Å²) in [6.45, 7) is 6.57. The summed E-state index contributed by atoms with van der Waals surface area (Å²) in [5.41, 5.74) is -0.121. The van der Waals surface area contributed by atoms with Crippen molar-refractivity contribution in [1.82, 2.24) is 4.90 Å². The molecular formula is C14H22ClNOS. The minimum Gasteiger partial charge on any atom is -0.391 e. The predicted octanol–water partition coefficient (Wildman–Crippen LogP) is 3.57. The molecule has 1 saturated heterocycles. The third kappa shape index (κ3) is 2.74. The van der Waals surface area contributed by atoms with E-state index in [0.717, 1.165) is 29.4 Å². The second kappa shape index (κ2) is 5.91. The molecule has 0 radical (unpaired) electrons. The van der Waals surface area contributed by atoms with E-state index in [4.69, 9.17) is 11.6 Å². The summed E-state index contributed by atoms with van der Waals surface area (Å²) in [4.78, 5) is 3.54. The molecule has 2 nitrogen and oxygen atoms in total. The Labute approximate surface area is 119 Å². The van der Waals surface area contributed by atoms with Gasteiger partial charge in [0.25, 0.3) is 0 Å². The number of likely N-dealkylation sites (tertiary alicyclic amines) is 1. The molecule has 4 heteroatoms. The molecule has 18 heavy (non-hydrogen) atoms. The molecule has 1 aliphatic heterocycles. The van der Waals surface area contributed by atoms with Crippen LogP contribution in [0, 0.1) is 0 Å². The van der Waals surface area contributed by atoms with Gasteiger partial charge in [-0.05, 0) is 50.7 Å². The van der Waals surface area contributed by atoms with Gasteiger partial charge in [0.15, 0.2) is 0 Å². The first-order valence-electron chi connectivity index (χ1n) is 6.73. The Morgan fingerprint density at radius 3 is 2.67 bits per heavy atom. The maximum Gasteiger partial charge on any atom is 0.0769 e. The lowest BCUT2D eigenvalue weighted by molar-refractivity contribution is -0.0113. The van der Waals surface area contributed by atoms with Crippen LogP contribution < -0.4 is 0 Å². The predicted molar refractivity (Wildman–Crippen MR) is 78.5 cm³/mol. The van der Waals surface area contributed by atoms with Gasteiger partial charge in [0.1, 0.15) is 0 Å². The van der Waals surface area contributed by atoms with Crippen LogP contribution >= 0.6 is 22.9 Å². The molecule has 2 unspecified atom stereocenters. The second-order valence-corrected chi connectivity index (χ2v) is 6.72. The van der Waals surface area contributed by atoms with Gasteiger partial charge in [-0.1, -0.05) is 18.5 Å². The molecule has 102 valence electrons. The van der Waals surface area contributed by atoms with Crippen molar-refractivity contribution in [2.24, 2.45) is 0 Å². The monoisotopic (exact) mass is 287 g/mol. The van der Waals surface area contributed by atoms with E-state index in [2.05, 4.69) is 18.7 Å². The number of thiophene rings is 1. The lowest BCUT2D eigenvalue weighted by Crippen LogP contribution is -2.53. The van der Waals surface area contributed by atoms with Gasteiger partial charge in [-0.3, -0.25) is 4.90 Å². The molecule has 0 aliphatic carbocycles. The smallest absolute Gasteiger partial charge is 0.0769 e. The van der Waals surface area contributed by atoms with Crippen LogP contribution in [0.4, 0.5) is 0 Å². The Kier molecular flexibility index (Phi) is 4.70. The van der Waals surface area contributed by atoms with E-state index in [-0.39, 0.29) is 11.6 Å². The Morgan fingerprint density at radius 2 is 2.17 bits per heavy atom. The van der Waals surface area contributed by atoms with E-state index in [1.165, 1.54) is 12.8 Å². The van der Waals surface area contributed by atoms with Gasteiger partial charge < -0.3 is 5.11 Å². The molecule has 0 aromatic carbocycles. The van der Waals surface area contributed by atoms with Crippen LogP contribution in [0.3, 0.4) is 0 Å². The van der Waals surface area contributed by atoms with Crippen molar-refractivity contribution in [2.45, 2.75) is 51.2 Å². The Balaban J connectivity index is 2.09. The topological polar surface area (TPSA) is 23.5 Å². The molecule has 1 N–H and O–H groups in total. The van der Waals surface area contributed by atoms with Gasteiger partial charge in [0.2, 0.25) is 0 Å². The molecule has 0 spiro atoms. The van der Waals surface area contributed by atoms with E-state index >= 15 is 0 Å². The quantitative estimate of drug-likeness (QED) is 0.895. The summed E-state index contributed by atoms with van der Waals surface area (Å²) in [5.74, 6) is 0. The summed E-state index contributed by atoms with van der Waals surface area (Å²) in [5, 5.41) is 13.4. The van der Waals surface area contributed by atoms with Crippen LogP contribution in [0.1, 0.15) is 38.0 Å². The van der Waals surface area contributed by atoms with Crippen LogP contribution in [-0.4, -0.2) is 34.7 Å². The van der Waals surface area contributed by atoms with Gasteiger partial charge in [-0.15, -0.1) is 11.3 Å². The number of hydrogen-bond acceptors (Lipinski definition) is 3. The zero-order chi connectivity index (χ0) is 13.2. The number of rotatable bonds is 5. The minimum atomic E-state index is -0.350. The summed E-state index contributed by atoms with van der Waals surface area (Å²) >= 11 is 7.76. The zero-order valence-electron chi connectivity index (χ0n) is 11.2. The highest BCUT2D eigenvalue weighted by Crippen LogP contribution is 2.32. The standard InChI is InChI=1S/C14H22ClNOS/c1-3-14(2,16-7-4-5-8-16)13(17)10-12-11(15)6-9-18-12/h6,9,13,17H,3-5,7-8,10H2,1-2H3. The third-order valence-corrected chi connectivity index (χ3v) is 5.74. The Hall–Kier alpha value is -0.0900. The number of aliphatic hydroxyl groups excluding tert-OH is 1. The summed E-state index contributed by atoms with van der Waals surface area (Å²) in [6, 6.07) is 1.91. The maximum absolute atomic E-state index is 10.6. The van der Waals surface area contributed by atoms with Crippen LogP contribution in [0.15, 0.2) is 11.4 Å². The fourth-order valence-corrected chi connectivity index (χ4v) is 3.92. The average Bonchev–Trinajstić information content (AvgIpc) is 3.01.